The Morgan fingerprint density at radius 1 is 0.950 bits per heavy atom. The van der Waals surface area contributed by atoms with Gasteiger partial charge in [-0.2, -0.15) is 0 Å². The van der Waals surface area contributed by atoms with Gasteiger partial charge >= 0.3 is 0 Å². The molecule has 1 aromatic carbocycles. The molecule has 1 rings (SSSR count). The van der Waals surface area contributed by atoms with Gasteiger partial charge in [-0.25, -0.2) is 0 Å². The molecule has 1 unspecified atom stereocenters. The fourth-order valence-electron chi connectivity index (χ4n) is 2.94. The van der Waals surface area contributed by atoms with Crippen molar-refractivity contribution in [1.82, 2.24) is 0 Å². The average Bonchev–Trinajstić information content (AvgIpc) is 2.47. The SMILES string of the molecule is CCCCCCCCC(OC)C(C)(C)c1ccccc1. The van der Waals surface area contributed by atoms with Crippen LogP contribution in [-0.4, -0.2) is 13.2 Å². The Kier molecular flexibility index (Phi) is 7.91. The van der Waals surface area contributed by atoms with Crippen molar-refractivity contribution in [3.8, 4) is 0 Å². The first-order chi connectivity index (χ1) is 9.62. The van der Waals surface area contributed by atoms with Crippen molar-refractivity contribution in [2.45, 2.75) is 77.2 Å². The number of methoxy groups -OCH3 is 1. The van der Waals surface area contributed by atoms with Crippen molar-refractivity contribution in [2.24, 2.45) is 0 Å². The number of rotatable bonds is 10. The maximum Gasteiger partial charge on any atom is 0.0662 e. The molecule has 0 N–H and O–H groups in total. The van der Waals surface area contributed by atoms with Gasteiger partial charge in [-0.05, 0) is 12.0 Å². The molecular weight excluding hydrogens is 244 g/mol. The van der Waals surface area contributed by atoms with Crippen molar-refractivity contribution >= 4 is 0 Å². The van der Waals surface area contributed by atoms with Gasteiger partial charge in [-0.3, -0.25) is 0 Å². The molecule has 0 saturated carbocycles. The Hall–Kier alpha value is -0.820. The van der Waals surface area contributed by atoms with Crippen molar-refractivity contribution < 1.29 is 4.74 Å². The molecule has 0 spiro atoms. The quantitative estimate of drug-likeness (QED) is 0.496. The van der Waals surface area contributed by atoms with E-state index < -0.39 is 0 Å². The summed E-state index contributed by atoms with van der Waals surface area (Å²) in [6.45, 7) is 6.87. The van der Waals surface area contributed by atoms with E-state index in [1.54, 1.807) is 0 Å². The van der Waals surface area contributed by atoms with E-state index >= 15 is 0 Å². The number of benzene rings is 1. The van der Waals surface area contributed by atoms with Crippen LogP contribution in [0.15, 0.2) is 30.3 Å². The van der Waals surface area contributed by atoms with E-state index in [2.05, 4.69) is 51.1 Å². The van der Waals surface area contributed by atoms with Crippen LogP contribution in [0, 0.1) is 0 Å². The Morgan fingerprint density at radius 3 is 2.15 bits per heavy atom. The topological polar surface area (TPSA) is 9.23 Å². The summed E-state index contributed by atoms with van der Waals surface area (Å²) in [5.41, 5.74) is 1.46. The Bertz CT molecular complexity index is 342. The summed E-state index contributed by atoms with van der Waals surface area (Å²) in [6.07, 6.45) is 9.53. The van der Waals surface area contributed by atoms with Crippen LogP contribution in [0.5, 0.6) is 0 Å². The zero-order valence-corrected chi connectivity index (χ0v) is 13.8. The molecule has 1 aromatic rings. The molecule has 0 heterocycles. The second-order valence-corrected chi connectivity index (χ2v) is 6.37. The van der Waals surface area contributed by atoms with Crippen molar-refractivity contribution in [3.63, 3.8) is 0 Å². The molecule has 1 nitrogen and oxygen atoms in total. The summed E-state index contributed by atoms with van der Waals surface area (Å²) in [7, 11) is 1.85. The van der Waals surface area contributed by atoms with E-state index in [0.717, 1.165) is 6.42 Å². The molecule has 0 bridgehead atoms. The normalized spacial score (nSPS) is 13.4. The van der Waals surface area contributed by atoms with E-state index in [0.29, 0.717) is 6.10 Å². The number of hydrogen-bond donors (Lipinski definition) is 0. The van der Waals surface area contributed by atoms with E-state index in [-0.39, 0.29) is 5.41 Å². The fourth-order valence-corrected chi connectivity index (χ4v) is 2.94. The maximum atomic E-state index is 5.80. The van der Waals surface area contributed by atoms with Crippen LogP contribution in [0.4, 0.5) is 0 Å². The third-order valence-corrected chi connectivity index (χ3v) is 4.43. The fraction of sp³-hybridized carbons (Fsp3) is 0.684. The predicted octanol–water partition coefficient (Wildman–Crippen LogP) is 5.73. The van der Waals surface area contributed by atoms with Gasteiger partial charge in [0.2, 0.25) is 0 Å². The molecule has 0 aliphatic carbocycles. The highest BCUT2D eigenvalue weighted by molar-refractivity contribution is 5.25. The lowest BCUT2D eigenvalue weighted by Crippen LogP contribution is -2.35. The first-order valence-electron chi connectivity index (χ1n) is 8.21. The predicted molar refractivity (Wildman–Crippen MR) is 88.3 cm³/mol. The molecule has 1 heteroatoms. The standard InChI is InChI=1S/C19H32O/c1-5-6-7-8-9-13-16-18(20-4)19(2,3)17-14-11-10-12-15-17/h10-12,14-15,18H,5-9,13,16H2,1-4H3. The molecule has 20 heavy (non-hydrogen) atoms. The van der Waals surface area contributed by atoms with Crippen LogP contribution in [-0.2, 0) is 10.2 Å². The number of hydrogen-bond acceptors (Lipinski definition) is 1. The largest absolute Gasteiger partial charge is 0.381 e. The molecule has 0 aliphatic heterocycles. The minimum Gasteiger partial charge on any atom is -0.381 e. The minimum atomic E-state index is 0.0828. The van der Waals surface area contributed by atoms with Crippen molar-refractivity contribution in [2.75, 3.05) is 7.11 Å². The van der Waals surface area contributed by atoms with E-state index in [4.69, 9.17) is 4.74 Å². The summed E-state index contributed by atoms with van der Waals surface area (Å²) < 4.78 is 5.80. The van der Waals surface area contributed by atoms with Gasteiger partial charge in [0.1, 0.15) is 0 Å². The Labute approximate surface area is 125 Å². The van der Waals surface area contributed by atoms with Crippen LogP contribution in [0.25, 0.3) is 0 Å². The van der Waals surface area contributed by atoms with Gasteiger partial charge in [-0.1, -0.05) is 89.6 Å². The highest BCUT2D eigenvalue weighted by Crippen LogP contribution is 2.31. The van der Waals surface area contributed by atoms with Crippen molar-refractivity contribution in [1.29, 1.82) is 0 Å². The molecule has 0 amide bonds. The highest BCUT2D eigenvalue weighted by atomic mass is 16.5. The lowest BCUT2D eigenvalue weighted by Gasteiger charge is -2.34. The van der Waals surface area contributed by atoms with Gasteiger partial charge in [0.25, 0.3) is 0 Å². The maximum absolute atomic E-state index is 5.80. The smallest absolute Gasteiger partial charge is 0.0662 e. The average molecular weight is 276 g/mol. The van der Waals surface area contributed by atoms with Gasteiger partial charge in [-0.15, -0.1) is 0 Å². The second-order valence-electron chi connectivity index (χ2n) is 6.37. The highest BCUT2D eigenvalue weighted by Gasteiger charge is 2.30. The summed E-state index contributed by atoms with van der Waals surface area (Å²) in [5.74, 6) is 0. The first kappa shape index (κ1) is 17.2. The van der Waals surface area contributed by atoms with Crippen LogP contribution in [0.3, 0.4) is 0 Å². The molecule has 0 saturated heterocycles. The Morgan fingerprint density at radius 2 is 1.55 bits per heavy atom. The lowest BCUT2D eigenvalue weighted by atomic mass is 9.77. The molecule has 0 radical (unpaired) electrons. The number of ether oxygens (including phenoxy) is 1. The third-order valence-electron chi connectivity index (χ3n) is 4.43. The van der Waals surface area contributed by atoms with Crippen LogP contribution in [0.1, 0.15) is 71.3 Å². The zero-order chi connectivity index (χ0) is 14.8. The summed E-state index contributed by atoms with van der Waals surface area (Å²) in [4.78, 5) is 0. The molecule has 0 aromatic heterocycles. The lowest BCUT2D eigenvalue weighted by molar-refractivity contribution is 0.0371. The summed E-state index contributed by atoms with van der Waals surface area (Å²) in [5, 5.41) is 0. The number of unbranched alkanes of at least 4 members (excludes halogenated alkanes) is 5. The van der Waals surface area contributed by atoms with Gasteiger partial charge < -0.3 is 4.74 Å². The molecule has 114 valence electrons. The molecule has 0 fully saturated rings. The van der Waals surface area contributed by atoms with Crippen LogP contribution < -0.4 is 0 Å². The summed E-state index contributed by atoms with van der Waals surface area (Å²) in [6, 6.07) is 10.7. The first-order valence-corrected chi connectivity index (χ1v) is 8.21. The zero-order valence-electron chi connectivity index (χ0n) is 13.8. The van der Waals surface area contributed by atoms with E-state index in [1.165, 1.54) is 44.1 Å². The molecule has 0 aliphatic rings. The van der Waals surface area contributed by atoms with Crippen LogP contribution in [0.2, 0.25) is 0 Å². The monoisotopic (exact) mass is 276 g/mol. The van der Waals surface area contributed by atoms with Gasteiger partial charge in [0.15, 0.2) is 0 Å². The van der Waals surface area contributed by atoms with Gasteiger partial charge in [0, 0.05) is 12.5 Å². The van der Waals surface area contributed by atoms with E-state index in [1.807, 2.05) is 7.11 Å². The van der Waals surface area contributed by atoms with Crippen molar-refractivity contribution in [3.05, 3.63) is 35.9 Å². The van der Waals surface area contributed by atoms with Crippen LogP contribution >= 0.6 is 0 Å². The third kappa shape index (κ3) is 5.28. The summed E-state index contributed by atoms with van der Waals surface area (Å²) >= 11 is 0. The Balaban J connectivity index is 2.44. The van der Waals surface area contributed by atoms with Gasteiger partial charge in [0.05, 0.1) is 6.10 Å². The minimum absolute atomic E-state index is 0.0828. The van der Waals surface area contributed by atoms with E-state index in [9.17, 15) is 0 Å². The molecule has 1 atom stereocenters. The second kappa shape index (κ2) is 9.18. The molecular formula is C19H32O.